The zero-order valence-electron chi connectivity index (χ0n) is 16.6. The Labute approximate surface area is 188 Å². The van der Waals surface area contributed by atoms with E-state index in [4.69, 9.17) is 4.74 Å². The molecule has 154 valence electrons. The second kappa shape index (κ2) is 13.4. The minimum atomic E-state index is -0.0368. The Kier molecular flexibility index (Phi) is 11.6. The van der Waals surface area contributed by atoms with Gasteiger partial charge in [-0.3, -0.25) is 4.79 Å². The van der Waals surface area contributed by atoms with Crippen molar-refractivity contribution >= 4 is 47.2 Å². The van der Waals surface area contributed by atoms with Crippen LogP contribution in [0.3, 0.4) is 0 Å². The van der Waals surface area contributed by atoms with Crippen LogP contribution in [0.25, 0.3) is 0 Å². The molecule has 0 saturated heterocycles. The molecule has 0 spiro atoms. The average Bonchev–Trinajstić information content (AvgIpc) is 3.17. The number of amides is 1. The molecule has 0 aliphatic heterocycles. The molecule has 28 heavy (non-hydrogen) atoms. The summed E-state index contributed by atoms with van der Waals surface area (Å²) in [7, 11) is 3.45. The predicted octanol–water partition coefficient (Wildman–Crippen LogP) is 2.92. The van der Waals surface area contributed by atoms with Crippen LogP contribution in [0.5, 0.6) is 5.75 Å². The molecule has 0 aliphatic carbocycles. The van der Waals surface area contributed by atoms with Crippen LogP contribution in [-0.2, 0) is 11.2 Å². The number of thiophene rings is 1. The largest absolute Gasteiger partial charge is 0.492 e. The Morgan fingerprint density at radius 3 is 2.50 bits per heavy atom. The van der Waals surface area contributed by atoms with E-state index in [2.05, 4.69) is 27.1 Å². The molecule has 0 aliphatic rings. The van der Waals surface area contributed by atoms with Crippen LogP contribution in [-0.4, -0.2) is 57.1 Å². The lowest BCUT2D eigenvalue weighted by atomic mass is 10.2. The normalized spacial score (nSPS) is 10.8. The summed E-state index contributed by atoms with van der Waals surface area (Å²) in [6, 6.07) is 12.1. The first-order chi connectivity index (χ1) is 13.0. The number of hydrogen-bond acceptors (Lipinski definition) is 4. The third-order valence-corrected chi connectivity index (χ3v) is 4.74. The minimum absolute atomic E-state index is 0. The topological polar surface area (TPSA) is 66.0 Å². The van der Waals surface area contributed by atoms with E-state index in [-0.39, 0.29) is 36.4 Å². The van der Waals surface area contributed by atoms with Gasteiger partial charge in [0, 0.05) is 25.5 Å². The van der Waals surface area contributed by atoms with Gasteiger partial charge in [-0.15, -0.1) is 35.3 Å². The molecule has 1 amide bonds. The summed E-state index contributed by atoms with van der Waals surface area (Å²) < 4.78 is 5.72. The van der Waals surface area contributed by atoms with Gasteiger partial charge in [0.2, 0.25) is 5.91 Å². The van der Waals surface area contributed by atoms with Crippen molar-refractivity contribution in [1.82, 2.24) is 15.5 Å². The molecule has 8 heteroatoms. The quantitative estimate of drug-likeness (QED) is 0.233. The lowest BCUT2D eigenvalue weighted by Gasteiger charge is -2.14. The number of carbonyl (C=O) groups is 1. The van der Waals surface area contributed by atoms with E-state index in [1.54, 1.807) is 25.4 Å². The standard InChI is InChI=1S/C20H28N4O2S.HI/c1-16-6-8-17(9-7-16)26-13-12-22-20(23-15-19(25)24(2)3)21-11-10-18-5-4-14-27-18;/h4-9,14H,10-13,15H2,1-3H3,(H2,21,22,23);1H. The van der Waals surface area contributed by atoms with Crippen LogP contribution >= 0.6 is 35.3 Å². The first-order valence-electron chi connectivity index (χ1n) is 8.99. The Balaban J connectivity index is 0.00000392. The van der Waals surface area contributed by atoms with Crippen LogP contribution in [0.15, 0.2) is 46.8 Å². The molecule has 0 saturated carbocycles. The third kappa shape index (κ3) is 9.41. The van der Waals surface area contributed by atoms with Crippen molar-refractivity contribution in [3.05, 3.63) is 52.2 Å². The number of rotatable bonds is 9. The monoisotopic (exact) mass is 516 g/mol. The molecule has 0 fully saturated rings. The summed E-state index contributed by atoms with van der Waals surface area (Å²) >= 11 is 1.74. The molecule has 1 aromatic heterocycles. The van der Waals surface area contributed by atoms with Crippen LogP contribution in [0.1, 0.15) is 10.4 Å². The number of ether oxygens (including phenoxy) is 1. The van der Waals surface area contributed by atoms with Gasteiger partial charge in [0.05, 0.1) is 6.54 Å². The smallest absolute Gasteiger partial charge is 0.243 e. The summed E-state index contributed by atoms with van der Waals surface area (Å²) in [6.45, 7) is 4.01. The summed E-state index contributed by atoms with van der Waals surface area (Å²) in [5, 5.41) is 8.57. The van der Waals surface area contributed by atoms with Crippen molar-refractivity contribution in [2.75, 3.05) is 40.3 Å². The van der Waals surface area contributed by atoms with Gasteiger partial charge in [-0.2, -0.15) is 0 Å². The second-order valence-electron chi connectivity index (χ2n) is 6.30. The molecule has 0 bridgehead atoms. The van der Waals surface area contributed by atoms with Gasteiger partial charge in [0.1, 0.15) is 18.9 Å². The number of hydrogen-bond donors (Lipinski definition) is 2. The Morgan fingerprint density at radius 2 is 1.86 bits per heavy atom. The zero-order chi connectivity index (χ0) is 19.5. The molecule has 2 N–H and O–H groups in total. The summed E-state index contributed by atoms with van der Waals surface area (Å²) in [6.07, 6.45) is 0.917. The molecule has 0 radical (unpaired) electrons. The van der Waals surface area contributed by atoms with Crippen molar-refractivity contribution in [3.8, 4) is 5.75 Å². The average molecular weight is 516 g/mol. The lowest BCUT2D eigenvalue weighted by Crippen LogP contribution is -2.41. The Hall–Kier alpha value is -1.81. The maximum Gasteiger partial charge on any atom is 0.243 e. The molecule has 1 heterocycles. The van der Waals surface area contributed by atoms with E-state index in [0.717, 1.165) is 18.7 Å². The lowest BCUT2D eigenvalue weighted by molar-refractivity contribution is -0.127. The summed E-state index contributed by atoms with van der Waals surface area (Å²) in [5.41, 5.74) is 1.20. The fourth-order valence-corrected chi connectivity index (χ4v) is 2.90. The fraction of sp³-hybridized carbons (Fsp3) is 0.400. The van der Waals surface area contributed by atoms with Gasteiger partial charge in [-0.25, -0.2) is 4.99 Å². The number of aryl methyl sites for hydroxylation is 1. The summed E-state index contributed by atoms with van der Waals surface area (Å²) in [5.74, 6) is 1.42. The molecule has 2 aromatic rings. The predicted molar refractivity (Wildman–Crippen MR) is 127 cm³/mol. The molecule has 1 aromatic carbocycles. The van der Waals surface area contributed by atoms with E-state index in [1.807, 2.05) is 37.3 Å². The third-order valence-electron chi connectivity index (χ3n) is 3.80. The van der Waals surface area contributed by atoms with E-state index < -0.39 is 0 Å². The molecule has 2 rings (SSSR count). The number of guanidine groups is 1. The highest BCUT2D eigenvalue weighted by atomic mass is 127. The van der Waals surface area contributed by atoms with E-state index in [9.17, 15) is 4.79 Å². The van der Waals surface area contributed by atoms with E-state index in [0.29, 0.717) is 19.1 Å². The maximum absolute atomic E-state index is 11.8. The summed E-state index contributed by atoms with van der Waals surface area (Å²) in [4.78, 5) is 19.0. The van der Waals surface area contributed by atoms with Gasteiger partial charge >= 0.3 is 0 Å². The molecule has 6 nitrogen and oxygen atoms in total. The van der Waals surface area contributed by atoms with Crippen LogP contribution in [0, 0.1) is 6.92 Å². The molecule has 0 unspecified atom stereocenters. The maximum atomic E-state index is 11.8. The van der Waals surface area contributed by atoms with Crippen LogP contribution < -0.4 is 15.4 Å². The highest BCUT2D eigenvalue weighted by molar-refractivity contribution is 14.0. The van der Waals surface area contributed by atoms with Gasteiger partial charge in [0.25, 0.3) is 0 Å². The van der Waals surface area contributed by atoms with Crippen molar-refractivity contribution in [3.63, 3.8) is 0 Å². The van der Waals surface area contributed by atoms with Gasteiger partial charge in [-0.1, -0.05) is 23.8 Å². The number of benzene rings is 1. The second-order valence-corrected chi connectivity index (χ2v) is 7.33. The first-order valence-corrected chi connectivity index (χ1v) is 9.87. The minimum Gasteiger partial charge on any atom is -0.492 e. The van der Waals surface area contributed by atoms with Gasteiger partial charge in [0.15, 0.2) is 5.96 Å². The van der Waals surface area contributed by atoms with Crippen LogP contribution in [0.4, 0.5) is 0 Å². The number of aliphatic imine (C=N–C) groups is 1. The number of nitrogens with zero attached hydrogens (tertiary/aromatic N) is 2. The number of halogens is 1. The fourth-order valence-electron chi connectivity index (χ4n) is 2.19. The number of likely N-dealkylation sites (N-methyl/N-ethyl adjacent to an activating group) is 1. The number of carbonyl (C=O) groups excluding carboxylic acids is 1. The SMILES string of the molecule is Cc1ccc(OCCNC(=NCC(=O)N(C)C)NCCc2cccs2)cc1.I. The van der Waals surface area contributed by atoms with E-state index >= 15 is 0 Å². The van der Waals surface area contributed by atoms with Crippen molar-refractivity contribution in [2.45, 2.75) is 13.3 Å². The molecular formula is C20H29IN4O2S. The van der Waals surface area contributed by atoms with Gasteiger partial charge in [-0.05, 0) is 36.9 Å². The van der Waals surface area contributed by atoms with E-state index in [1.165, 1.54) is 15.3 Å². The van der Waals surface area contributed by atoms with Crippen molar-refractivity contribution in [2.24, 2.45) is 4.99 Å². The molecular weight excluding hydrogens is 487 g/mol. The van der Waals surface area contributed by atoms with Crippen LogP contribution in [0.2, 0.25) is 0 Å². The highest BCUT2D eigenvalue weighted by Gasteiger charge is 2.05. The Bertz CT molecular complexity index is 718. The zero-order valence-corrected chi connectivity index (χ0v) is 19.8. The highest BCUT2D eigenvalue weighted by Crippen LogP contribution is 2.10. The number of nitrogens with one attached hydrogen (secondary N) is 2. The van der Waals surface area contributed by atoms with Crippen molar-refractivity contribution < 1.29 is 9.53 Å². The molecule has 0 atom stereocenters. The Morgan fingerprint density at radius 1 is 1.14 bits per heavy atom. The van der Waals surface area contributed by atoms with Crippen molar-refractivity contribution in [1.29, 1.82) is 0 Å². The van der Waals surface area contributed by atoms with Gasteiger partial charge < -0.3 is 20.3 Å². The first kappa shape index (κ1) is 24.2.